The molecule has 0 spiro atoms. The van der Waals surface area contributed by atoms with Crippen LogP contribution in [-0.2, 0) is 9.59 Å². The molecule has 3 nitrogen and oxygen atoms in total. The minimum atomic E-state index is -0.820. The van der Waals surface area contributed by atoms with Gasteiger partial charge in [0.25, 0.3) is 0 Å². The minimum Gasteiger partial charge on any atom is -0.274 e. The van der Waals surface area contributed by atoms with E-state index >= 15 is 0 Å². The highest BCUT2D eigenvalue weighted by Crippen LogP contribution is 2.67. The number of amides is 2. The van der Waals surface area contributed by atoms with E-state index in [1.807, 2.05) is 44.2 Å². The van der Waals surface area contributed by atoms with Crippen LogP contribution in [0.4, 0.5) is 5.69 Å². The third-order valence-electron chi connectivity index (χ3n) is 7.43. The maximum atomic E-state index is 14.0. The number of carbonyl (C=O) groups is 2. The quantitative estimate of drug-likeness (QED) is 0.498. The van der Waals surface area contributed by atoms with E-state index in [-0.39, 0.29) is 23.7 Å². The molecule has 1 heterocycles. The average Bonchev–Trinajstić information content (AvgIpc) is 2.96. The fraction of sp³-hybridized carbons (Fsp3) is 0.231. The van der Waals surface area contributed by atoms with Crippen molar-refractivity contribution >= 4 is 29.1 Å². The number of nitrogens with zero attached hydrogens (tertiary/aromatic N) is 1. The molecule has 1 saturated heterocycles. The predicted octanol–water partition coefficient (Wildman–Crippen LogP) is 5.44. The van der Waals surface area contributed by atoms with Crippen LogP contribution in [0.2, 0.25) is 5.02 Å². The standard InChI is InChI=1S/C26H20ClNO2/c1-14-11-12-15(27)13-20(14)28-24(29)23-21-16-7-3-5-9-18(16)22(26(23,2)25(28)30)19-10-6-4-8-17(19)21/h3-13,21-23H,1-2H3/t21?,22?,23-,26-/m1/s1. The van der Waals surface area contributed by atoms with Crippen LogP contribution < -0.4 is 4.90 Å². The molecule has 3 aromatic rings. The van der Waals surface area contributed by atoms with E-state index in [1.165, 1.54) is 27.2 Å². The Bertz CT molecular complexity index is 1220. The number of imide groups is 1. The second-order valence-electron chi connectivity index (χ2n) is 8.84. The molecular weight excluding hydrogens is 394 g/mol. The molecule has 3 aromatic carbocycles. The lowest BCUT2D eigenvalue weighted by atomic mass is 9.48. The molecule has 148 valence electrons. The van der Waals surface area contributed by atoms with Crippen LogP contribution in [-0.4, -0.2) is 11.8 Å². The molecule has 4 aliphatic rings. The summed E-state index contributed by atoms with van der Waals surface area (Å²) in [5.41, 5.74) is 5.34. The summed E-state index contributed by atoms with van der Waals surface area (Å²) in [6, 6.07) is 22.0. The lowest BCUT2D eigenvalue weighted by Crippen LogP contribution is -2.49. The van der Waals surface area contributed by atoms with Gasteiger partial charge in [-0.2, -0.15) is 0 Å². The second-order valence-corrected chi connectivity index (χ2v) is 9.27. The number of carbonyl (C=O) groups excluding carboxylic acids is 2. The van der Waals surface area contributed by atoms with Crippen LogP contribution in [0.15, 0.2) is 66.7 Å². The van der Waals surface area contributed by atoms with Gasteiger partial charge in [0.05, 0.1) is 17.0 Å². The van der Waals surface area contributed by atoms with Gasteiger partial charge in [-0.05, 0) is 53.8 Å². The Morgan fingerprint density at radius 2 is 1.43 bits per heavy atom. The summed E-state index contributed by atoms with van der Waals surface area (Å²) in [7, 11) is 0. The molecule has 2 bridgehead atoms. The van der Waals surface area contributed by atoms with E-state index in [9.17, 15) is 9.59 Å². The van der Waals surface area contributed by atoms with Crippen LogP contribution in [0, 0.1) is 18.3 Å². The van der Waals surface area contributed by atoms with E-state index < -0.39 is 11.3 Å². The maximum absolute atomic E-state index is 14.0. The summed E-state index contributed by atoms with van der Waals surface area (Å²) in [6.07, 6.45) is 0. The smallest absolute Gasteiger partial charge is 0.241 e. The number of halogens is 1. The summed E-state index contributed by atoms with van der Waals surface area (Å²) in [4.78, 5) is 29.3. The Hall–Kier alpha value is -2.91. The van der Waals surface area contributed by atoms with Gasteiger partial charge in [0.15, 0.2) is 0 Å². The molecule has 0 aromatic heterocycles. The molecule has 2 amide bonds. The minimum absolute atomic E-state index is 0.117. The number of rotatable bonds is 1. The molecule has 0 saturated carbocycles. The van der Waals surface area contributed by atoms with Crippen molar-refractivity contribution < 1.29 is 9.59 Å². The van der Waals surface area contributed by atoms with Crippen LogP contribution >= 0.6 is 11.6 Å². The molecular formula is C26H20ClNO2. The zero-order valence-corrected chi connectivity index (χ0v) is 17.5. The highest BCUT2D eigenvalue weighted by Gasteiger charge is 2.68. The Balaban J connectivity index is 1.63. The van der Waals surface area contributed by atoms with Crippen molar-refractivity contribution in [2.24, 2.45) is 11.3 Å². The SMILES string of the molecule is Cc1ccc(Cl)cc1N1C(=O)[C@H]2C3c4ccccc4C(c4ccccc43)[C@@]2(C)C1=O. The van der Waals surface area contributed by atoms with Crippen molar-refractivity contribution in [3.05, 3.63) is 99.6 Å². The van der Waals surface area contributed by atoms with Crippen molar-refractivity contribution in [3.63, 3.8) is 0 Å². The van der Waals surface area contributed by atoms with Crippen molar-refractivity contribution in [2.75, 3.05) is 4.90 Å². The van der Waals surface area contributed by atoms with E-state index in [0.717, 1.165) is 5.56 Å². The molecule has 1 fully saturated rings. The van der Waals surface area contributed by atoms with E-state index in [2.05, 4.69) is 24.3 Å². The fourth-order valence-electron chi connectivity index (χ4n) is 6.17. The van der Waals surface area contributed by atoms with Crippen LogP contribution in [0.3, 0.4) is 0 Å². The maximum Gasteiger partial charge on any atom is 0.241 e. The monoisotopic (exact) mass is 413 g/mol. The van der Waals surface area contributed by atoms with E-state index in [0.29, 0.717) is 10.7 Å². The fourth-order valence-corrected chi connectivity index (χ4v) is 6.33. The largest absolute Gasteiger partial charge is 0.274 e. The lowest BCUT2D eigenvalue weighted by molar-refractivity contribution is -0.128. The highest BCUT2D eigenvalue weighted by molar-refractivity contribution is 6.32. The van der Waals surface area contributed by atoms with Crippen molar-refractivity contribution in [3.8, 4) is 0 Å². The van der Waals surface area contributed by atoms with Crippen LogP contribution in [0.25, 0.3) is 0 Å². The van der Waals surface area contributed by atoms with Gasteiger partial charge in [0.2, 0.25) is 11.8 Å². The molecule has 30 heavy (non-hydrogen) atoms. The van der Waals surface area contributed by atoms with E-state index in [4.69, 9.17) is 11.6 Å². The first-order valence-electron chi connectivity index (χ1n) is 10.3. The molecule has 0 unspecified atom stereocenters. The predicted molar refractivity (Wildman–Crippen MR) is 117 cm³/mol. The highest BCUT2D eigenvalue weighted by atomic mass is 35.5. The number of hydrogen-bond acceptors (Lipinski definition) is 2. The van der Waals surface area contributed by atoms with Gasteiger partial charge in [-0.3, -0.25) is 9.59 Å². The van der Waals surface area contributed by atoms with Crippen molar-refractivity contribution in [1.29, 1.82) is 0 Å². The third kappa shape index (κ3) is 1.96. The Labute approximate surface area is 180 Å². The van der Waals surface area contributed by atoms with Gasteiger partial charge in [0.1, 0.15) is 0 Å². The van der Waals surface area contributed by atoms with Gasteiger partial charge in [-0.1, -0.05) is 66.2 Å². The summed E-state index contributed by atoms with van der Waals surface area (Å²) < 4.78 is 0. The van der Waals surface area contributed by atoms with Gasteiger partial charge in [0, 0.05) is 16.9 Å². The zero-order valence-electron chi connectivity index (χ0n) is 16.7. The first kappa shape index (κ1) is 17.9. The van der Waals surface area contributed by atoms with Crippen LogP contribution in [0.1, 0.15) is 46.6 Å². The number of hydrogen-bond donors (Lipinski definition) is 0. The van der Waals surface area contributed by atoms with Gasteiger partial charge < -0.3 is 0 Å². The van der Waals surface area contributed by atoms with Gasteiger partial charge in [-0.15, -0.1) is 0 Å². The summed E-state index contributed by atoms with van der Waals surface area (Å²) >= 11 is 6.24. The molecule has 0 N–H and O–H groups in total. The van der Waals surface area contributed by atoms with Gasteiger partial charge >= 0.3 is 0 Å². The Morgan fingerprint density at radius 1 is 0.867 bits per heavy atom. The normalized spacial score (nSPS) is 28.4. The second kappa shape index (κ2) is 5.83. The third-order valence-corrected chi connectivity index (χ3v) is 7.66. The molecule has 3 aliphatic carbocycles. The van der Waals surface area contributed by atoms with Crippen molar-refractivity contribution in [1.82, 2.24) is 0 Å². The first-order valence-corrected chi connectivity index (χ1v) is 10.6. The molecule has 0 radical (unpaired) electrons. The number of benzene rings is 3. The molecule has 2 atom stereocenters. The van der Waals surface area contributed by atoms with Gasteiger partial charge in [-0.25, -0.2) is 4.90 Å². The van der Waals surface area contributed by atoms with Crippen molar-refractivity contribution in [2.45, 2.75) is 25.7 Å². The topological polar surface area (TPSA) is 37.4 Å². The average molecular weight is 414 g/mol. The number of anilines is 1. The summed E-state index contributed by atoms with van der Waals surface area (Å²) in [5.74, 6) is -0.916. The molecule has 1 aliphatic heterocycles. The zero-order chi connectivity index (χ0) is 20.8. The summed E-state index contributed by atoms with van der Waals surface area (Å²) in [5, 5.41) is 0.519. The summed E-state index contributed by atoms with van der Waals surface area (Å²) in [6.45, 7) is 3.90. The Kier molecular flexibility index (Phi) is 3.48. The number of aryl methyl sites for hydroxylation is 1. The molecule has 4 heteroatoms. The first-order chi connectivity index (χ1) is 14.4. The Morgan fingerprint density at radius 3 is 2.03 bits per heavy atom. The molecule has 7 rings (SSSR count). The lowest BCUT2D eigenvalue weighted by Gasteiger charge is -2.51. The van der Waals surface area contributed by atoms with E-state index in [1.54, 1.807) is 12.1 Å². The van der Waals surface area contributed by atoms with Crippen LogP contribution in [0.5, 0.6) is 0 Å².